The van der Waals surface area contributed by atoms with Gasteiger partial charge in [-0.05, 0) is 73.3 Å². The van der Waals surface area contributed by atoms with Crippen LogP contribution in [0.4, 0.5) is 8.78 Å². The second-order valence-electron chi connectivity index (χ2n) is 16.0. The second-order valence-corrected chi connectivity index (χ2v) is 16.0. The molecule has 0 bridgehead atoms. The summed E-state index contributed by atoms with van der Waals surface area (Å²) >= 11 is 0. The Labute approximate surface area is 339 Å². The molecule has 0 aliphatic carbocycles. The Hall–Kier alpha value is -3.99. The van der Waals surface area contributed by atoms with Crippen molar-refractivity contribution in [3.8, 4) is 0 Å². The van der Waals surface area contributed by atoms with Crippen molar-refractivity contribution in [1.29, 1.82) is 0 Å². The van der Waals surface area contributed by atoms with Gasteiger partial charge >= 0.3 is 5.97 Å². The van der Waals surface area contributed by atoms with Gasteiger partial charge in [-0.2, -0.15) is 0 Å². The maximum Gasteiger partial charge on any atom is 0.306 e. The lowest BCUT2D eigenvalue weighted by molar-refractivity contribution is -0.159. The summed E-state index contributed by atoms with van der Waals surface area (Å²) in [5.74, 6) is -2.69. The Balaban J connectivity index is 2.16. The summed E-state index contributed by atoms with van der Waals surface area (Å²) in [6.07, 6.45) is 7.74. The predicted octanol–water partition coefficient (Wildman–Crippen LogP) is 9.46. The Morgan fingerprint density at radius 3 is 1.95 bits per heavy atom. The van der Waals surface area contributed by atoms with Gasteiger partial charge in [-0.1, -0.05) is 103 Å². The molecule has 0 aliphatic rings. The summed E-state index contributed by atoms with van der Waals surface area (Å²) in [5, 5.41) is 5.81. The molecule has 0 fully saturated rings. The normalized spacial score (nSPS) is 13.0. The number of carbonyl (C=O) groups is 5. The van der Waals surface area contributed by atoms with Gasteiger partial charge in [0.1, 0.15) is 17.4 Å². The molecule has 2 rings (SSSR count). The molecule has 2 aromatic rings. The fraction of sp³-hybridized carbons (Fsp3) is 0.630. The largest absolute Gasteiger partial charge is 0.452 e. The van der Waals surface area contributed by atoms with Gasteiger partial charge < -0.3 is 20.1 Å². The number of hydrogen-bond donors (Lipinski definition) is 2. The van der Waals surface area contributed by atoms with Gasteiger partial charge in [-0.25, -0.2) is 8.78 Å². The van der Waals surface area contributed by atoms with E-state index in [-0.39, 0.29) is 87.1 Å². The molecule has 318 valence electrons. The van der Waals surface area contributed by atoms with Gasteiger partial charge in [0.25, 0.3) is 0 Å². The molecule has 2 amide bonds. The zero-order chi connectivity index (χ0) is 42.1. The lowest BCUT2D eigenvalue weighted by Gasteiger charge is -2.29. The summed E-state index contributed by atoms with van der Waals surface area (Å²) < 4.78 is 40.4. The standard InChI is InChI=1S/C46H68F2N2O7/c1-6-9-13-20-42(53)49-37(30-35-29-36(47)23-24-39(35)48)31-38(51)25-27-46(4,5)28-26-41(52)45(57-44(55)22-15-11-8-3)40(50-43(54)21-14-10-7-2)33-56-32-34-18-16-12-17-19-34/h12,16-19,23-24,29,37,40,45H,6-11,13-15,20-22,25-28,30-33H2,1-5H3,(H,49,53)(H,50,54). The van der Waals surface area contributed by atoms with E-state index in [2.05, 4.69) is 10.6 Å². The van der Waals surface area contributed by atoms with E-state index in [0.717, 1.165) is 62.3 Å². The van der Waals surface area contributed by atoms with Crippen molar-refractivity contribution >= 4 is 29.4 Å². The number of hydrogen-bond acceptors (Lipinski definition) is 7. The van der Waals surface area contributed by atoms with Gasteiger partial charge in [0, 0.05) is 44.6 Å². The van der Waals surface area contributed by atoms with Crippen LogP contribution in [0.1, 0.15) is 155 Å². The Morgan fingerprint density at radius 2 is 1.32 bits per heavy atom. The average Bonchev–Trinajstić information content (AvgIpc) is 3.17. The summed E-state index contributed by atoms with van der Waals surface area (Å²) in [6, 6.07) is 11.1. The van der Waals surface area contributed by atoms with E-state index < -0.39 is 41.2 Å². The highest BCUT2D eigenvalue weighted by Gasteiger charge is 2.34. The molecular weight excluding hydrogens is 731 g/mol. The lowest BCUT2D eigenvalue weighted by atomic mass is 9.80. The SMILES string of the molecule is CCCCCC(=O)NC(CC(=O)CCC(C)(C)CCC(=O)C(OC(=O)CCCCC)C(COCc1ccccc1)NC(=O)CCCCC)Cc1cc(F)ccc1F. The van der Waals surface area contributed by atoms with Crippen molar-refractivity contribution in [3.63, 3.8) is 0 Å². The number of benzene rings is 2. The van der Waals surface area contributed by atoms with Gasteiger partial charge in [0.15, 0.2) is 11.9 Å². The quantitative estimate of drug-likeness (QED) is 0.0575. The van der Waals surface area contributed by atoms with E-state index in [0.29, 0.717) is 32.1 Å². The third-order valence-electron chi connectivity index (χ3n) is 10.1. The first-order valence-corrected chi connectivity index (χ1v) is 21.1. The number of nitrogens with one attached hydrogen (secondary N) is 2. The molecule has 0 aliphatic heterocycles. The van der Waals surface area contributed by atoms with Crippen LogP contribution >= 0.6 is 0 Å². The molecule has 0 saturated heterocycles. The van der Waals surface area contributed by atoms with Crippen molar-refractivity contribution in [2.75, 3.05) is 6.61 Å². The monoisotopic (exact) mass is 798 g/mol. The van der Waals surface area contributed by atoms with Gasteiger partial charge in [-0.15, -0.1) is 0 Å². The summed E-state index contributed by atoms with van der Waals surface area (Å²) in [7, 11) is 0. The van der Waals surface area contributed by atoms with Crippen molar-refractivity contribution in [1.82, 2.24) is 10.6 Å². The number of rotatable bonds is 31. The van der Waals surface area contributed by atoms with Crippen LogP contribution in [0.25, 0.3) is 0 Å². The van der Waals surface area contributed by atoms with Crippen molar-refractivity contribution in [3.05, 3.63) is 71.3 Å². The van der Waals surface area contributed by atoms with Crippen molar-refractivity contribution in [2.45, 2.75) is 175 Å². The fourth-order valence-electron chi connectivity index (χ4n) is 6.55. The van der Waals surface area contributed by atoms with E-state index in [1.54, 1.807) is 0 Å². The number of amides is 2. The fourth-order valence-corrected chi connectivity index (χ4v) is 6.55. The topological polar surface area (TPSA) is 128 Å². The molecule has 2 aromatic carbocycles. The van der Waals surface area contributed by atoms with Crippen LogP contribution in [-0.4, -0.2) is 54.1 Å². The van der Waals surface area contributed by atoms with Gasteiger partial charge in [0.05, 0.1) is 19.3 Å². The molecule has 11 heteroatoms. The van der Waals surface area contributed by atoms with Crippen LogP contribution < -0.4 is 10.6 Å². The number of Topliss-reactive ketones (excluding diaryl/α,β-unsaturated/α-hetero) is 2. The number of carbonyl (C=O) groups excluding carboxylic acids is 5. The molecule has 0 saturated carbocycles. The first-order chi connectivity index (χ1) is 27.3. The van der Waals surface area contributed by atoms with E-state index in [9.17, 15) is 32.8 Å². The molecule has 0 radical (unpaired) electrons. The Morgan fingerprint density at radius 1 is 0.719 bits per heavy atom. The predicted molar refractivity (Wildman–Crippen MR) is 219 cm³/mol. The molecule has 3 atom stereocenters. The van der Waals surface area contributed by atoms with Crippen LogP contribution in [0.3, 0.4) is 0 Å². The lowest BCUT2D eigenvalue weighted by Crippen LogP contribution is -2.51. The molecule has 0 spiro atoms. The Bertz CT molecular complexity index is 1520. The van der Waals surface area contributed by atoms with E-state index in [1.807, 2.05) is 65.0 Å². The highest BCUT2D eigenvalue weighted by atomic mass is 19.1. The van der Waals surface area contributed by atoms with Crippen LogP contribution in [-0.2, 0) is 46.5 Å². The van der Waals surface area contributed by atoms with Crippen LogP contribution in [0.2, 0.25) is 0 Å². The summed E-state index contributed by atoms with van der Waals surface area (Å²) in [6.45, 7) is 10.2. The number of esters is 1. The molecule has 3 unspecified atom stereocenters. The maximum atomic E-state index is 14.6. The molecule has 9 nitrogen and oxygen atoms in total. The zero-order valence-electron chi connectivity index (χ0n) is 35.1. The second kappa shape index (κ2) is 27.6. The Kier molecular flexibility index (Phi) is 23.8. The molecule has 0 heterocycles. The maximum absolute atomic E-state index is 14.6. The molecule has 2 N–H and O–H groups in total. The third kappa shape index (κ3) is 21.4. The minimum absolute atomic E-state index is 0.0311. The smallest absolute Gasteiger partial charge is 0.306 e. The first kappa shape index (κ1) is 49.2. The summed E-state index contributed by atoms with van der Waals surface area (Å²) in [4.78, 5) is 66.2. The number of halogens is 2. The highest BCUT2D eigenvalue weighted by Crippen LogP contribution is 2.30. The minimum atomic E-state index is -1.26. The number of ether oxygens (including phenoxy) is 2. The molecule has 57 heavy (non-hydrogen) atoms. The first-order valence-electron chi connectivity index (χ1n) is 21.1. The molecule has 0 aromatic heterocycles. The average molecular weight is 799 g/mol. The molecular formula is C46H68F2N2O7. The minimum Gasteiger partial charge on any atom is -0.452 e. The van der Waals surface area contributed by atoms with E-state index in [1.165, 1.54) is 0 Å². The van der Waals surface area contributed by atoms with Gasteiger partial charge in [0.2, 0.25) is 11.8 Å². The van der Waals surface area contributed by atoms with Crippen molar-refractivity contribution in [2.24, 2.45) is 5.41 Å². The van der Waals surface area contributed by atoms with Crippen LogP contribution in [0, 0.1) is 17.0 Å². The summed E-state index contributed by atoms with van der Waals surface area (Å²) in [5.41, 5.74) is 0.516. The van der Waals surface area contributed by atoms with Crippen molar-refractivity contribution < 1.29 is 42.2 Å². The van der Waals surface area contributed by atoms with Gasteiger partial charge in [-0.3, -0.25) is 24.0 Å². The van der Waals surface area contributed by atoms with Crippen LogP contribution in [0.15, 0.2) is 48.5 Å². The van der Waals surface area contributed by atoms with E-state index >= 15 is 0 Å². The highest BCUT2D eigenvalue weighted by molar-refractivity contribution is 5.87. The number of ketones is 2. The number of unbranched alkanes of at least 4 members (excludes halogenated alkanes) is 6. The zero-order valence-corrected chi connectivity index (χ0v) is 35.1. The van der Waals surface area contributed by atoms with Crippen LogP contribution in [0.5, 0.6) is 0 Å². The third-order valence-corrected chi connectivity index (χ3v) is 10.1. The van der Waals surface area contributed by atoms with E-state index in [4.69, 9.17) is 9.47 Å².